The van der Waals surface area contributed by atoms with E-state index in [1.54, 1.807) is 0 Å². The van der Waals surface area contributed by atoms with Crippen LogP contribution >= 0.6 is 0 Å². The van der Waals surface area contributed by atoms with Crippen LogP contribution in [0.25, 0.3) is 6.08 Å². The second kappa shape index (κ2) is 13.4. The first-order chi connectivity index (χ1) is 21.7. The molecule has 0 unspecified atom stereocenters. The molecule has 0 saturated carbocycles. The molecule has 0 aliphatic carbocycles. The van der Waals surface area contributed by atoms with Gasteiger partial charge in [-0.05, 0) is 48.0 Å². The maximum Gasteiger partial charge on any atom is 0.338 e. The van der Waals surface area contributed by atoms with E-state index in [9.17, 15) is 65.4 Å². The minimum absolute atomic E-state index is 0.246. The summed E-state index contributed by atoms with van der Waals surface area (Å²) in [5.74, 6) is -10.4. The predicted molar refractivity (Wildman–Crippen MR) is 148 cm³/mol. The first kappa shape index (κ1) is 33.0. The van der Waals surface area contributed by atoms with Gasteiger partial charge in [-0.2, -0.15) is 0 Å². The monoisotopic (exact) mass is 646 g/mol. The van der Waals surface area contributed by atoms with Gasteiger partial charge in [0.15, 0.2) is 64.3 Å². The Labute approximate surface area is 257 Å². The third-order valence-electron chi connectivity index (χ3n) is 6.54. The summed E-state index contributed by atoms with van der Waals surface area (Å²) in [6.45, 7) is -0.998. The predicted octanol–water partition coefficient (Wildman–Crippen LogP) is 0.417. The molecule has 1 heterocycles. The number of phenols is 8. The molecule has 1 saturated heterocycles. The van der Waals surface area contributed by atoms with Gasteiger partial charge in [0.25, 0.3) is 0 Å². The lowest BCUT2D eigenvalue weighted by molar-refractivity contribution is -0.289. The number of aliphatic hydroxyl groups excluding tert-OH is 2. The van der Waals surface area contributed by atoms with Crippen molar-refractivity contribution in [3.05, 3.63) is 65.2 Å². The summed E-state index contributed by atoms with van der Waals surface area (Å²) in [5.41, 5.74) is -0.869. The van der Waals surface area contributed by atoms with Gasteiger partial charge in [0, 0.05) is 6.08 Å². The lowest BCUT2D eigenvalue weighted by atomic mass is 9.98. The Balaban J connectivity index is 1.63. The van der Waals surface area contributed by atoms with Crippen molar-refractivity contribution in [2.45, 2.75) is 30.7 Å². The number of aromatic hydroxyl groups is 8. The molecule has 1 aliphatic heterocycles. The Hall–Kier alpha value is -5.91. The topological polar surface area (TPSA) is 290 Å². The molecule has 10 N–H and O–H groups in total. The Morgan fingerprint density at radius 2 is 1.17 bits per heavy atom. The number of phenolic OH excluding ortho intramolecular Hbond substituents is 8. The van der Waals surface area contributed by atoms with Crippen LogP contribution in [0.5, 0.6) is 46.0 Å². The second-order valence-corrected chi connectivity index (χ2v) is 9.70. The minimum Gasteiger partial charge on any atom is -0.504 e. The summed E-state index contributed by atoms with van der Waals surface area (Å²) in [4.78, 5) is 38.5. The van der Waals surface area contributed by atoms with E-state index < -0.39 is 112 Å². The Morgan fingerprint density at radius 3 is 1.65 bits per heavy atom. The highest BCUT2D eigenvalue weighted by Crippen LogP contribution is 2.38. The third kappa shape index (κ3) is 7.07. The minimum atomic E-state index is -2.15. The van der Waals surface area contributed by atoms with Crippen LogP contribution in [0.1, 0.15) is 26.3 Å². The number of carbonyl (C=O) groups is 3. The highest BCUT2D eigenvalue weighted by molar-refractivity contribution is 5.92. The van der Waals surface area contributed by atoms with Crippen LogP contribution in [0.3, 0.4) is 0 Å². The van der Waals surface area contributed by atoms with Gasteiger partial charge in [0.05, 0.1) is 17.7 Å². The van der Waals surface area contributed by atoms with Crippen LogP contribution in [-0.4, -0.2) is 106 Å². The van der Waals surface area contributed by atoms with Crippen LogP contribution < -0.4 is 0 Å². The van der Waals surface area contributed by atoms with Gasteiger partial charge in [0.2, 0.25) is 6.29 Å². The van der Waals surface area contributed by atoms with E-state index in [1.807, 2.05) is 0 Å². The summed E-state index contributed by atoms with van der Waals surface area (Å²) in [5, 5.41) is 98.4. The first-order valence-electron chi connectivity index (χ1n) is 13.0. The summed E-state index contributed by atoms with van der Waals surface area (Å²) in [6.07, 6.45) is -7.72. The Bertz CT molecular complexity index is 1640. The maximum absolute atomic E-state index is 13.0. The summed E-state index contributed by atoms with van der Waals surface area (Å²) in [6, 6.07) is 6.41. The van der Waals surface area contributed by atoms with E-state index in [-0.39, 0.29) is 5.56 Å². The number of ether oxygens (including phenoxy) is 4. The lowest BCUT2D eigenvalue weighted by Gasteiger charge is -2.42. The average molecular weight is 647 g/mol. The van der Waals surface area contributed by atoms with Gasteiger partial charge < -0.3 is 70.0 Å². The van der Waals surface area contributed by atoms with Crippen molar-refractivity contribution < 1.29 is 84.4 Å². The molecule has 0 bridgehead atoms. The van der Waals surface area contributed by atoms with Crippen molar-refractivity contribution >= 4 is 24.0 Å². The van der Waals surface area contributed by atoms with Gasteiger partial charge in [-0.15, -0.1) is 0 Å². The zero-order valence-electron chi connectivity index (χ0n) is 23.1. The molecule has 3 aromatic carbocycles. The zero-order chi connectivity index (χ0) is 33.9. The fourth-order valence-corrected chi connectivity index (χ4v) is 4.20. The van der Waals surface area contributed by atoms with Crippen LogP contribution in [0, 0.1) is 0 Å². The van der Waals surface area contributed by atoms with Crippen LogP contribution in [0.4, 0.5) is 0 Å². The van der Waals surface area contributed by atoms with E-state index in [1.165, 1.54) is 6.07 Å². The second-order valence-electron chi connectivity index (χ2n) is 9.70. The van der Waals surface area contributed by atoms with Crippen LogP contribution in [0.15, 0.2) is 48.5 Å². The van der Waals surface area contributed by atoms with Gasteiger partial charge in [0.1, 0.15) is 6.10 Å². The van der Waals surface area contributed by atoms with Gasteiger partial charge in [-0.1, -0.05) is 6.07 Å². The molecular formula is C29H26O17. The molecule has 17 heteroatoms. The standard InChI is InChI=1S/C29H26O17/c30-10-20-25(45-27(41)12-6-16(33)22(38)17(34)7-12)26(46-28(42)13-8-18(35)23(39)19(36)9-13)24(40)29(43-20)44-21(37)4-2-11-1-3-14(31)15(32)5-11/h1-9,20,24-26,29-36,38-40H,10H2/b4-2+/t20-,24-,25-,26-,29+/m1/s1. The quantitative estimate of drug-likeness (QED) is 0.0686. The molecule has 5 atom stereocenters. The molecule has 46 heavy (non-hydrogen) atoms. The number of hydrogen-bond acceptors (Lipinski definition) is 17. The average Bonchev–Trinajstić information content (AvgIpc) is 3.01. The molecular weight excluding hydrogens is 620 g/mol. The van der Waals surface area contributed by atoms with E-state index in [0.717, 1.165) is 24.3 Å². The highest BCUT2D eigenvalue weighted by atomic mass is 16.7. The summed E-state index contributed by atoms with van der Waals surface area (Å²) in [7, 11) is 0. The largest absolute Gasteiger partial charge is 0.504 e. The number of aliphatic hydroxyl groups is 2. The molecule has 0 spiro atoms. The van der Waals surface area contributed by atoms with E-state index in [4.69, 9.17) is 18.9 Å². The van der Waals surface area contributed by atoms with Gasteiger partial charge in [-0.25, -0.2) is 14.4 Å². The van der Waals surface area contributed by atoms with Crippen molar-refractivity contribution in [1.82, 2.24) is 0 Å². The molecule has 1 aliphatic rings. The highest BCUT2D eigenvalue weighted by Gasteiger charge is 2.51. The summed E-state index contributed by atoms with van der Waals surface area (Å²) < 4.78 is 21.1. The molecule has 0 radical (unpaired) electrons. The van der Waals surface area contributed by atoms with E-state index in [0.29, 0.717) is 24.3 Å². The zero-order valence-corrected chi connectivity index (χ0v) is 23.1. The molecule has 4 rings (SSSR count). The molecule has 0 amide bonds. The van der Waals surface area contributed by atoms with Crippen molar-refractivity contribution in [1.29, 1.82) is 0 Å². The number of carbonyl (C=O) groups excluding carboxylic acids is 3. The Morgan fingerprint density at radius 1 is 0.674 bits per heavy atom. The normalized spacial score (nSPS) is 21.0. The van der Waals surface area contributed by atoms with Gasteiger partial charge >= 0.3 is 17.9 Å². The Kier molecular flexibility index (Phi) is 9.60. The molecule has 17 nitrogen and oxygen atoms in total. The molecule has 3 aromatic rings. The molecule has 1 fully saturated rings. The molecule has 244 valence electrons. The number of esters is 3. The first-order valence-corrected chi connectivity index (χ1v) is 13.0. The smallest absolute Gasteiger partial charge is 0.338 e. The van der Waals surface area contributed by atoms with Crippen LogP contribution in [-0.2, 0) is 23.7 Å². The van der Waals surface area contributed by atoms with E-state index >= 15 is 0 Å². The number of rotatable bonds is 8. The molecule has 0 aromatic heterocycles. The third-order valence-corrected chi connectivity index (χ3v) is 6.54. The van der Waals surface area contributed by atoms with Gasteiger partial charge in [-0.3, -0.25) is 0 Å². The number of benzene rings is 3. The summed E-state index contributed by atoms with van der Waals surface area (Å²) >= 11 is 0. The SMILES string of the molecule is O=C(/C=C/c1ccc(O)c(O)c1)O[C@@H]1O[C@H](CO)[C@@H](OC(=O)c2cc(O)c(O)c(O)c2)[C@H](OC(=O)c2cc(O)c(O)c(O)c2)[C@H]1O. The van der Waals surface area contributed by atoms with Crippen molar-refractivity contribution in [3.8, 4) is 46.0 Å². The van der Waals surface area contributed by atoms with E-state index in [2.05, 4.69) is 0 Å². The fraction of sp³-hybridized carbons (Fsp3) is 0.207. The fourth-order valence-electron chi connectivity index (χ4n) is 4.20. The lowest BCUT2D eigenvalue weighted by Crippen LogP contribution is -2.62. The number of hydrogen-bond donors (Lipinski definition) is 10. The van der Waals surface area contributed by atoms with Crippen molar-refractivity contribution in [3.63, 3.8) is 0 Å². The van der Waals surface area contributed by atoms with Crippen LogP contribution in [0.2, 0.25) is 0 Å². The van der Waals surface area contributed by atoms with Crippen molar-refractivity contribution in [2.75, 3.05) is 6.61 Å². The van der Waals surface area contributed by atoms with Crippen molar-refractivity contribution in [2.24, 2.45) is 0 Å². The maximum atomic E-state index is 13.0.